The molecule has 1 rings (SSSR count). The highest BCUT2D eigenvalue weighted by atomic mass is 35.5. The van der Waals surface area contributed by atoms with Crippen molar-refractivity contribution in [2.24, 2.45) is 0 Å². The largest absolute Gasteiger partial charge is 0.468 e. The Bertz CT molecular complexity index is 491. The molecule has 0 unspecified atom stereocenters. The minimum atomic E-state index is -0.715. The zero-order valence-corrected chi connectivity index (χ0v) is 11.7. The molecule has 0 saturated carbocycles. The second-order valence-corrected chi connectivity index (χ2v) is 4.66. The molecule has 0 fully saturated rings. The van der Waals surface area contributed by atoms with Gasteiger partial charge in [0, 0.05) is 11.1 Å². The number of halogens is 2. The third-order valence-electron chi connectivity index (χ3n) is 2.57. The fourth-order valence-corrected chi connectivity index (χ4v) is 1.67. The Morgan fingerprint density at radius 1 is 1.42 bits per heavy atom. The molecule has 104 valence electrons. The molecule has 0 aliphatic carbocycles. The Hall–Kier alpha value is -1.62. The molecule has 0 heterocycles. The number of carbonyl (C=O) groups is 2. The van der Waals surface area contributed by atoms with E-state index in [4.69, 9.17) is 11.6 Å². The Morgan fingerprint density at radius 3 is 2.53 bits per heavy atom. The van der Waals surface area contributed by atoms with Gasteiger partial charge in [0.25, 0.3) is 5.91 Å². The Kier molecular flexibility index (Phi) is 5.30. The number of nitrogens with zero attached hydrogens (tertiary/aromatic N) is 1. The fourth-order valence-electron chi connectivity index (χ4n) is 1.51. The fraction of sp³-hybridized carbons (Fsp3) is 0.385. The molecule has 19 heavy (non-hydrogen) atoms. The number of methoxy groups -OCH3 is 1. The van der Waals surface area contributed by atoms with Gasteiger partial charge in [-0.15, -0.1) is 0 Å². The van der Waals surface area contributed by atoms with Crippen LogP contribution in [0.3, 0.4) is 0 Å². The minimum absolute atomic E-state index is 0.123. The molecule has 0 atom stereocenters. The summed E-state index contributed by atoms with van der Waals surface area (Å²) in [5.74, 6) is -1.85. The lowest BCUT2D eigenvalue weighted by Gasteiger charge is -2.25. The zero-order valence-electron chi connectivity index (χ0n) is 10.9. The summed E-state index contributed by atoms with van der Waals surface area (Å²) in [7, 11) is 1.23. The summed E-state index contributed by atoms with van der Waals surface area (Å²) in [5, 5.41) is 0.207. The van der Waals surface area contributed by atoms with Gasteiger partial charge in [0.1, 0.15) is 12.4 Å². The van der Waals surface area contributed by atoms with Gasteiger partial charge in [-0.1, -0.05) is 11.6 Å². The molecule has 1 amide bonds. The van der Waals surface area contributed by atoms with Crippen LogP contribution in [-0.2, 0) is 9.53 Å². The highest BCUT2D eigenvalue weighted by Gasteiger charge is 2.24. The molecule has 0 spiro atoms. The predicted molar refractivity (Wildman–Crippen MR) is 69.6 cm³/mol. The molecule has 6 heteroatoms. The number of hydrogen-bond donors (Lipinski definition) is 0. The second kappa shape index (κ2) is 6.52. The van der Waals surface area contributed by atoms with Crippen molar-refractivity contribution in [3.63, 3.8) is 0 Å². The van der Waals surface area contributed by atoms with E-state index in [1.807, 2.05) is 0 Å². The maximum atomic E-state index is 13.7. The molecule has 1 aromatic carbocycles. The summed E-state index contributed by atoms with van der Waals surface area (Å²) >= 11 is 5.63. The number of carbonyl (C=O) groups excluding carboxylic acids is 2. The van der Waals surface area contributed by atoms with Gasteiger partial charge in [-0.3, -0.25) is 9.59 Å². The van der Waals surface area contributed by atoms with Crippen LogP contribution < -0.4 is 0 Å². The summed E-state index contributed by atoms with van der Waals surface area (Å²) in [5.41, 5.74) is -0.123. The lowest BCUT2D eigenvalue weighted by Crippen LogP contribution is -2.41. The first-order valence-electron chi connectivity index (χ1n) is 5.69. The standard InChI is InChI=1S/C13H15ClFNO3/c1-8(2)16(7-12(17)19-3)13(18)10-5-4-9(14)6-11(10)15/h4-6,8H,7H2,1-3H3. The monoisotopic (exact) mass is 287 g/mol. The molecule has 1 aromatic rings. The highest BCUT2D eigenvalue weighted by molar-refractivity contribution is 6.30. The zero-order chi connectivity index (χ0) is 14.6. The molecular weight excluding hydrogens is 273 g/mol. The minimum Gasteiger partial charge on any atom is -0.468 e. The van der Waals surface area contributed by atoms with E-state index in [-0.39, 0.29) is 23.2 Å². The molecule has 0 saturated heterocycles. The van der Waals surface area contributed by atoms with Gasteiger partial charge in [0.05, 0.1) is 12.7 Å². The SMILES string of the molecule is COC(=O)CN(C(=O)c1ccc(Cl)cc1F)C(C)C. The van der Waals surface area contributed by atoms with Gasteiger partial charge < -0.3 is 9.64 Å². The normalized spacial score (nSPS) is 10.4. The number of rotatable bonds is 4. The molecule has 0 N–H and O–H groups in total. The molecule has 4 nitrogen and oxygen atoms in total. The van der Waals surface area contributed by atoms with Crippen molar-refractivity contribution in [1.29, 1.82) is 0 Å². The third kappa shape index (κ3) is 3.92. The maximum absolute atomic E-state index is 13.7. The first-order valence-corrected chi connectivity index (χ1v) is 6.07. The number of amides is 1. The summed E-state index contributed by atoms with van der Waals surface area (Å²) < 4.78 is 18.2. The van der Waals surface area contributed by atoms with Crippen LogP contribution in [0.5, 0.6) is 0 Å². The van der Waals surface area contributed by atoms with E-state index in [1.54, 1.807) is 13.8 Å². The quantitative estimate of drug-likeness (QED) is 0.800. The number of benzene rings is 1. The lowest BCUT2D eigenvalue weighted by atomic mass is 10.1. The van der Waals surface area contributed by atoms with Crippen LogP contribution in [0.1, 0.15) is 24.2 Å². The first kappa shape index (κ1) is 15.4. The molecule has 0 radical (unpaired) electrons. The van der Waals surface area contributed by atoms with E-state index >= 15 is 0 Å². The Balaban J connectivity index is 3.02. The molecule has 0 aliphatic rings. The van der Waals surface area contributed by atoms with Crippen LogP contribution in [0.4, 0.5) is 4.39 Å². The lowest BCUT2D eigenvalue weighted by molar-refractivity contribution is -0.141. The summed E-state index contributed by atoms with van der Waals surface area (Å²) in [6.45, 7) is 3.23. The topological polar surface area (TPSA) is 46.6 Å². The number of esters is 1. The van der Waals surface area contributed by atoms with Crippen LogP contribution in [0, 0.1) is 5.82 Å². The average Bonchev–Trinajstić information content (AvgIpc) is 2.34. The number of hydrogen-bond acceptors (Lipinski definition) is 3. The van der Waals surface area contributed by atoms with Crippen molar-refractivity contribution in [1.82, 2.24) is 4.90 Å². The van der Waals surface area contributed by atoms with Crippen LogP contribution in [0.25, 0.3) is 0 Å². The van der Waals surface area contributed by atoms with Crippen molar-refractivity contribution in [3.05, 3.63) is 34.6 Å². The van der Waals surface area contributed by atoms with E-state index < -0.39 is 17.7 Å². The van der Waals surface area contributed by atoms with Gasteiger partial charge in [-0.25, -0.2) is 4.39 Å². The van der Waals surface area contributed by atoms with Crippen LogP contribution >= 0.6 is 11.6 Å². The predicted octanol–water partition coefficient (Wildman–Crippen LogP) is 2.50. The van der Waals surface area contributed by atoms with Crippen molar-refractivity contribution in [3.8, 4) is 0 Å². The van der Waals surface area contributed by atoms with Crippen LogP contribution in [0.2, 0.25) is 5.02 Å². The molecule has 0 aromatic heterocycles. The van der Waals surface area contributed by atoms with Gasteiger partial charge in [-0.2, -0.15) is 0 Å². The molecule has 0 bridgehead atoms. The van der Waals surface area contributed by atoms with Gasteiger partial charge in [0.2, 0.25) is 0 Å². The van der Waals surface area contributed by atoms with E-state index in [1.165, 1.54) is 24.1 Å². The van der Waals surface area contributed by atoms with Crippen molar-refractivity contribution in [2.75, 3.05) is 13.7 Å². The summed E-state index contributed by atoms with van der Waals surface area (Å²) in [6.07, 6.45) is 0. The maximum Gasteiger partial charge on any atom is 0.325 e. The van der Waals surface area contributed by atoms with E-state index in [2.05, 4.69) is 4.74 Å². The van der Waals surface area contributed by atoms with Crippen molar-refractivity contribution >= 4 is 23.5 Å². The van der Waals surface area contributed by atoms with Crippen molar-refractivity contribution < 1.29 is 18.7 Å². The van der Waals surface area contributed by atoms with Crippen LogP contribution in [0.15, 0.2) is 18.2 Å². The summed E-state index contributed by atoms with van der Waals surface area (Å²) in [4.78, 5) is 24.7. The molecule has 0 aliphatic heterocycles. The van der Waals surface area contributed by atoms with E-state index in [0.717, 1.165) is 6.07 Å². The van der Waals surface area contributed by atoms with Gasteiger partial charge in [0.15, 0.2) is 0 Å². The highest BCUT2D eigenvalue weighted by Crippen LogP contribution is 2.17. The first-order chi connectivity index (χ1) is 8.86. The Labute approximate surface area is 116 Å². The second-order valence-electron chi connectivity index (χ2n) is 4.23. The van der Waals surface area contributed by atoms with E-state index in [9.17, 15) is 14.0 Å². The van der Waals surface area contributed by atoms with Gasteiger partial charge >= 0.3 is 5.97 Å². The van der Waals surface area contributed by atoms with Crippen molar-refractivity contribution in [2.45, 2.75) is 19.9 Å². The summed E-state index contributed by atoms with van der Waals surface area (Å²) in [6, 6.07) is 3.52. The average molecular weight is 288 g/mol. The third-order valence-corrected chi connectivity index (χ3v) is 2.81. The number of ether oxygens (including phenoxy) is 1. The van der Waals surface area contributed by atoms with Gasteiger partial charge in [-0.05, 0) is 32.0 Å². The van der Waals surface area contributed by atoms with E-state index in [0.29, 0.717) is 0 Å². The van der Waals surface area contributed by atoms with Crippen LogP contribution in [-0.4, -0.2) is 36.5 Å². The smallest absolute Gasteiger partial charge is 0.325 e. The molecular formula is C13H15ClFNO3. The Morgan fingerprint density at radius 2 is 2.05 bits per heavy atom.